The number of phenolic OH excluding ortho intramolecular Hbond substituents is 1. The van der Waals surface area contributed by atoms with E-state index in [0.717, 1.165) is 11.3 Å². The minimum Gasteiger partial charge on any atom is -0.507 e. The van der Waals surface area contributed by atoms with Gasteiger partial charge < -0.3 is 14.4 Å². The molecule has 0 atom stereocenters. The Morgan fingerprint density at radius 2 is 2.06 bits per heavy atom. The Bertz CT molecular complexity index is 560. The second-order valence-electron chi connectivity index (χ2n) is 4.18. The highest BCUT2D eigenvalue weighted by Crippen LogP contribution is 2.19. The van der Waals surface area contributed by atoms with Crippen LogP contribution in [0.1, 0.15) is 21.7 Å². The molecule has 0 unspecified atom stereocenters. The third-order valence-electron chi connectivity index (χ3n) is 2.85. The highest BCUT2D eigenvalue weighted by atomic mass is 16.3. The van der Waals surface area contributed by atoms with Crippen LogP contribution in [0.4, 0.5) is 0 Å². The molecule has 0 saturated carbocycles. The molecule has 0 saturated heterocycles. The summed E-state index contributed by atoms with van der Waals surface area (Å²) in [6.07, 6.45) is 1.60. The lowest BCUT2D eigenvalue weighted by atomic mass is 10.1. The molecule has 2 aromatic rings. The zero-order chi connectivity index (χ0) is 13.1. The number of phenols is 1. The van der Waals surface area contributed by atoms with E-state index in [4.69, 9.17) is 4.42 Å². The van der Waals surface area contributed by atoms with Gasteiger partial charge in [0, 0.05) is 19.2 Å². The van der Waals surface area contributed by atoms with E-state index in [2.05, 4.69) is 0 Å². The number of furan rings is 1. The molecule has 0 fully saturated rings. The summed E-state index contributed by atoms with van der Waals surface area (Å²) in [6.45, 7) is 2.31. The molecular weight excluding hydrogens is 230 g/mol. The largest absolute Gasteiger partial charge is 0.507 e. The minimum absolute atomic E-state index is 0.00161. The fourth-order valence-corrected chi connectivity index (χ4v) is 1.76. The summed E-state index contributed by atoms with van der Waals surface area (Å²) in [5.41, 5.74) is 1.27. The molecule has 0 radical (unpaired) electrons. The van der Waals surface area contributed by atoms with Crippen LogP contribution < -0.4 is 0 Å². The van der Waals surface area contributed by atoms with Gasteiger partial charge in [-0.05, 0) is 25.1 Å². The standard InChI is InChI=1S/C14H15NO3/c1-10-11(7-8-18-10)9-15(2)14(17)12-5-3-4-6-13(12)16/h3-8,16H,9H2,1-2H3. The van der Waals surface area contributed by atoms with E-state index >= 15 is 0 Å². The highest BCUT2D eigenvalue weighted by Gasteiger charge is 2.16. The Labute approximate surface area is 105 Å². The summed E-state index contributed by atoms with van der Waals surface area (Å²) in [5, 5.41) is 9.64. The summed E-state index contributed by atoms with van der Waals surface area (Å²) < 4.78 is 5.19. The Hall–Kier alpha value is -2.23. The minimum atomic E-state index is -0.214. The van der Waals surface area contributed by atoms with Crippen LogP contribution in [0, 0.1) is 6.92 Å². The maximum atomic E-state index is 12.1. The SMILES string of the molecule is Cc1occc1CN(C)C(=O)c1ccccc1O. The van der Waals surface area contributed by atoms with Gasteiger partial charge in [0.1, 0.15) is 11.5 Å². The van der Waals surface area contributed by atoms with Crippen LogP contribution in [0.5, 0.6) is 5.75 Å². The molecule has 1 amide bonds. The van der Waals surface area contributed by atoms with E-state index in [0.29, 0.717) is 12.1 Å². The maximum Gasteiger partial charge on any atom is 0.257 e. The molecule has 4 nitrogen and oxygen atoms in total. The Morgan fingerprint density at radius 3 is 2.67 bits per heavy atom. The first-order chi connectivity index (χ1) is 8.59. The predicted octanol–water partition coefficient (Wildman–Crippen LogP) is 2.57. The van der Waals surface area contributed by atoms with E-state index in [9.17, 15) is 9.90 Å². The van der Waals surface area contributed by atoms with Crippen molar-refractivity contribution in [3.63, 3.8) is 0 Å². The van der Waals surface area contributed by atoms with Crippen molar-refractivity contribution in [3.8, 4) is 5.75 Å². The average molecular weight is 245 g/mol. The smallest absolute Gasteiger partial charge is 0.257 e. The highest BCUT2D eigenvalue weighted by molar-refractivity contribution is 5.96. The molecule has 1 aromatic heterocycles. The van der Waals surface area contributed by atoms with Crippen LogP contribution in [-0.2, 0) is 6.54 Å². The van der Waals surface area contributed by atoms with Crippen LogP contribution in [0.3, 0.4) is 0 Å². The van der Waals surface area contributed by atoms with Gasteiger partial charge in [0.15, 0.2) is 0 Å². The van der Waals surface area contributed by atoms with E-state index in [-0.39, 0.29) is 11.7 Å². The lowest BCUT2D eigenvalue weighted by Crippen LogP contribution is -2.26. The topological polar surface area (TPSA) is 53.7 Å². The van der Waals surface area contributed by atoms with Crippen molar-refractivity contribution >= 4 is 5.91 Å². The molecule has 4 heteroatoms. The third-order valence-corrected chi connectivity index (χ3v) is 2.85. The molecular formula is C14H15NO3. The van der Waals surface area contributed by atoms with Crippen molar-refractivity contribution in [2.24, 2.45) is 0 Å². The first kappa shape index (κ1) is 12.2. The monoisotopic (exact) mass is 245 g/mol. The Balaban J connectivity index is 2.15. The number of carbonyl (C=O) groups excluding carboxylic acids is 1. The summed E-state index contributed by atoms with van der Waals surface area (Å²) in [7, 11) is 1.70. The predicted molar refractivity (Wildman–Crippen MR) is 67.3 cm³/mol. The van der Waals surface area contributed by atoms with Gasteiger partial charge in [-0.2, -0.15) is 0 Å². The van der Waals surface area contributed by atoms with Crippen LogP contribution >= 0.6 is 0 Å². The van der Waals surface area contributed by atoms with Gasteiger partial charge in [0.05, 0.1) is 11.8 Å². The molecule has 1 heterocycles. The van der Waals surface area contributed by atoms with E-state index in [1.807, 2.05) is 13.0 Å². The molecule has 0 aliphatic carbocycles. The lowest BCUT2D eigenvalue weighted by molar-refractivity contribution is 0.0781. The van der Waals surface area contributed by atoms with E-state index in [1.54, 1.807) is 36.4 Å². The van der Waals surface area contributed by atoms with Crippen LogP contribution in [0.2, 0.25) is 0 Å². The van der Waals surface area contributed by atoms with Crippen LogP contribution in [0.25, 0.3) is 0 Å². The number of hydrogen-bond acceptors (Lipinski definition) is 3. The fraction of sp³-hybridized carbons (Fsp3) is 0.214. The van der Waals surface area contributed by atoms with Crippen LogP contribution in [0.15, 0.2) is 41.0 Å². The molecule has 2 rings (SSSR count). The Kier molecular flexibility index (Phi) is 3.37. The van der Waals surface area contributed by atoms with Crippen molar-refractivity contribution in [3.05, 3.63) is 53.5 Å². The van der Waals surface area contributed by atoms with Gasteiger partial charge in [-0.25, -0.2) is 0 Å². The molecule has 94 valence electrons. The van der Waals surface area contributed by atoms with E-state index in [1.165, 1.54) is 6.07 Å². The molecule has 0 bridgehead atoms. The van der Waals surface area contributed by atoms with Crippen molar-refractivity contribution in [2.75, 3.05) is 7.05 Å². The van der Waals surface area contributed by atoms with Gasteiger partial charge >= 0.3 is 0 Å². The summed E-state index contributed by atoms with van der Waals surface area (Å²) >= 11 is 0. The van der Waals surface area contributed by atoms with Crippen LogP contribution in [-0.4, -0.2) is 23.0 Å². The second-order valence-corrected chi connectivity index (χ2v) is 4.18. The molecule has 0 aliphatic rings. The molecule has 0 spiro atoms. The number of nitrogens with zero attached hydrogens (tertiary/aromatic N) is 1. The molecule has 18 heavy (non-hydrogen) atoms. The average Bonchev–Trinajstić information content (AvgIpc) is 2.75. The third kappa shape index (κ3) is 2.37. The normalized spacial score (nSPS) is 10.3. The number of amides is 1. The number of aryl methyl sites for hydroxylation is 1. The number of hydrogen-bond donors (Lipinski definition) is 1. The fourth-order valence-electron chi connectivity index (χ4n) is 1.76. The first-order valence-electron chi connectivity index (χ1n) is 5.66. The van der Waals surface area contributed by atoms with Gasteiger partial charge in [0.25, 0.3) is 5.91 Å². The van der Waals surface area contributed by atoms with Crippen molar-refractivity contribution in [1.82, 2.24) is 4.90 Å². The first-order valence-corrected chi connectivity index (χ1v) is 5.66. The molecule has 1 N–H and O–H groups in total. The van der Waals surface area contributed by atoms with Gasteiger partial charge in [-0.1, -0.05) is 12.1 Å². The van der Waals surface area contributed by atoms with Crippen molar-refractivity contribution in [1.29, 1.82) is 0 Å². The number of aromatic hydroxyl groups is 1. The Morgan fingerprint density at radius 1 is 1.33 bits per heavy atom. The molecule has 1 aromatic carbocycles. The second kappa shape index (κ2) is 4.96. The maximum absolute atomic E-state index is 12.1. The summed E-state index contributed by atoms with van der Waals surface area (Å²) in [6, 6.07) is 8.36. The summed E-state index contributed by atoms with van der Waals surface area (Å²) in [5.74, 6) is 0.582. The van der Waals surface area contributed by atoms with E-state index < -0.39 is 0 Å². The number of carbonyl (C=O) groups is 1. The van der Waals surface area contributed by atoms with Gasteiger partial charge in [-0.3, -0.25) is 4.79 Å². The quantitative estimate of drug-likeness (QED) is 0.904. The van der Waals surface area contributed by atoms with Gasteiger partial charge in [0.2, 0.25) is 0 Å². The zero-order valence-electron chi connectivity index (χ0n) is 10.4. The van der Waals surface area contributed by atoms with Crippen molar-refractivity contribution in [2.45, 2.75) is 13.5 Å². The number of benzene rings is 1. The number of para-hydroxylation sites is 1. The van der Waals surface area contributed by atoms with Crippen molar-refractivity contribution < 1.29 is 14.3 Å². The molecule has 0 aliphatic heterocycles. The lowest BCUT2D eigenvalue weighted by Gasteiger charge is -2.17. The summed E-state index contributed by atoms with van der Waals surface area (Å²) in [4.78, 5) is 13.7. The number of rotatable bonds is 3. The zero-order valence-corrected chi connectivity index (χ0v) is 10.4. The van der Waals surface area contributed by atoms with Gasteiger partial charge in [-0.15, -0.1) is 0 Å².